The van der Waals surface area contributed by atoms with Crippen molar-refractivity contribution in [3.05, 3.63) is 78.5 Å². The lowest BCUT2D eigenvalue weighted by Crippen LogP contribution is -1.98. The molecule has 0 aliphatic heterocycles. The quantitative estimate of drug-likeness (QED) is 0.364. The Labute approximate surface area is 161 Å². The van der Waals surface area contributed by atoms with Gasteiger partial charge in [0.2, 0.25) is 5.28 Å². The second-order valence-electron chi connectivity index (χ2n) is 5.24. The van der Waals surface area contributed by atoms with Gasteiger partial charge in [-0.1, -0.05) is 24.8 Å². The Balaban J connectivity index is 0.000000596. The lowest BCUT2D eigenvalue weighted by molar-refractivity contribution is -0.104. The fourth-order valence-corrected chi connectivity index (χ4v) is 2.35. The molecule has 0 bridgehead atoms. The lowest BCUT2D eigenvalue weighted by atomic mass is 10.1. The van der Waals surface area contributed by atoms with Crippen molar-refractivity contribution in [3.63, 3.8) is 0 Å². The highest BCUT2D eigenvalue weighted by Gasteiger charge is 2.10. The molecule has 1 aromatic heterocycles. The molecule has 0 saturated carbocycles. The summed E-state index contributed by atoms with van der Waals surface area (Å²) in [5.41, 5.74) is 3.73. The van der Waals surface area contributed by atoms with Crippen molar-refractivity contribution in [1.29, 1.82) is 0 Å². The van der Waals surface area contributed by atoms with Gasteiger partial charge in [0.25, 0.3) is 0 Å². The fourth-order valence-electron chi connectivity index (χ4n) is 2.22. The molecule has 2 N–H and O–H groups in total. The van der Waals surface area contributed by atoms with Gasteiger partial charge in [-0.2, -0.15) is 0 Å². The number of allylic oxidation sites excluding steroid dienone is 1. The van der Waals surface area contributed by atoms with Gasteiger partial charge in [-0.05, 0) is 48.0 Å². The molecule has 0 unspecified atom stereocenters. The van der Waals surface area contributed by atoms with Crippen molar-refractivity contribution in [2.75, 3.05) is 17.7 Å². The number of hydrogen-bond donors (Lipinski definition) is 2. The first kappa shape index (κ1) is 20.1. The molecule has 0 fully saturated rings. The summed E-state index contributed by atoms with van der Waals surface area (Å²) in [6.45, 7) is 3.11. The van der Waals surface area contributed by atoms with Gasteiger partial charge in [0, 0.05) is 24.0 Å². The van der Waals surface area contributed by atoms with Crippen molar-refractivity contribution in [1.82, 2.24) is 9.97 Å². The first-order valence-electron chi connectivity index (χ1n) is 7.97. The number of anilines is 3. The third kappa shape index (κ3) is 5.90. The molecule has 0 radical (unpaired) electrons. The minimum absolute atomic E-state index is 0.152. The second kappa shape index (κ2) is 10.0. The van der Waals surface area contributed by atoms with E-state index in [4.69, 9.17) is 16.4 Å². The topological polar surface area (TPSA) is 66.9 Å². The first-order chi connectivity index (χ1) is 13.1. The number of aldehydes is 1. The summed E-state index contributed by atoms with van der Waals surface area (Å²) in [7, 11) is 1.85. The average molecular weight is 385 g/mol. The maximum absolute atomic E-state index is 13.4. The predicted octanol–water partition coefficient (Wildman–Crippen LogP) is 5.09. The van der Waals surface area contributed by atoms with Crippen LogP contribution in [0, 0.1) is 5.82 Å². The molecular weight excluding hydrogens is 367 g/mol. The van der Waals surface area contributed by atoms with Crippen LogP contribution in [0.3, 0.4) is 0 Å². The zero-order valence-electron chi connectivity index (χ0n) is 14.6. The number of carbonyl (C=O) groups is 1. The minimum atomic E-state index is -0.316. The largest absolute Gasteiger partial charge is 0.388 e. The van der Waals surface area contributed by atoms with Crippen molar-refractivity contribution in [2.45, 2.75) is 0 Å². The maximum Gasteiger partial charge on any atom is 0.223 e. The molecule has 138 valence electrons. The smallest absolute Gasteiger partial charge is 0.223 e. The van der Waals surface area contributed by atoms with E-state index in [9.17, 15) is 4.39 Å². The van der Waals surface area contributed by atoms with Crippen LogP contribution in [0.2, 0.25) is 5.28 Å². The molecule has 3 aromatic rings. The Morgan fingerprint density at radius 3 is 2.52 bits per heavy atom. The fraction of sp³-hybridized carbons (Fsp3) is 0.0500. The molecular formula is C20H18ClFN4O. The van der Waals surface area contributed by atoms with Crippen LogP contribution in [0.25, 0.3) is 11.3 Å². The molecule has 0 saturated heterocycles. The Bertz CT molecular complexity index is 927. The second-order valence-corrected chi connectivity index (χ2v) is 5.58. The summed E-state index contributed by atoms with van der Waals surface area (Å²) >= 11 is 5.94. The zero-order chi connectivity index (χ0) is 19.6. The normalized spacial score (nSPS) is 9.59. The number of nitrogens with one attached hydrogen (secondary N) is 2. The summed E-state index contributed by atoms with van der Waals surface area (Å²) in [5, 5.41) is 6.37. The number of rotatable bonds is 5. The maximum atomic E-state index is 13.4. The highest BCUT2D eigenvalue weighted by molar-refractivity contribution is 6.28. The molecule has 3 rings (SSSR count). The standard InChI is InChI=1S/C17H14ClFN4.C3H4O/c1-20-13-6-2-4-11(8-13)16-15(10-21-17(18)23-16)22-14-7-3-5-12(19)9-14;1-2-3-4/h2-10,20,22H,1H3;2-3H,1H2. The highest BCUT2D eigenvalue weighted by Crippen LogP contribution is 2.30. The number of aromatic nitrogens is 2. The molecule has 27 heavy (non-hydrogen) atoms. The van der Waals surface area contributed by atoms with E-state index in [0.29, 0.717) is 23.4 Å². The van der Waals surface area contributed by atoms with Gasteiger partial charge in [0.15, 0.2) is 0 Å². The van der Waals surface area contributed by atoms with Crippen molar-refractivity contribution < 1.29 is 9.18 Å². The molecule has 5 nitrogen and oxygen atoms in total. The average Bonchev–Trinajstić information content (AvgIpc) is 2.69. The SMILES string of the molecule is C=CC=O.CNc1cccc(-c2nc(Cl)ncc2Nc2cccc(F)c2)c1. The summed E-state index contributed by atoms with van der Waals surface area (Å²) in [6, 6.07) is 13.9. The van der Waals surface area contributed by atoms with E-state index in [-0.39, 0.29) is 11.1 Å². The Hall–Kier alpha value is -3.25. The van der Waals surface area contributed by atoms with E-state index in [0.717, 1.165) is 11.3 Å². The van der Waals surface area contributed by atoms with Crippen LogP contribution in [0.1, 0.15) is 0 Å². The summed E-state index contributed by atoms with van der Waals surface area (Å²) in [5.74, 6) is -0.316. The van der Waals surface area contributed by atoms with E-state index < -0.39 is 0 Å². The molecule has 0 atom stereocenters. The number of halogens is 2. The molecule has 0 spiro atoms. The van der Waals surface area contributed by atoms with Gasteiger partial charge in [0.05, 0.1) is 17.6 Å². The molecule has 0 aliphatic carbocycles. The molecule has 2 aromatic carbocycles. The predicted molar refractivity (Wildman–Crippen MR) is 108 cm³/mol. The summed E-state index contributed by atoms with van der Waals surface area (Å²) in [4.78, 5) is 17.4. The lowest BCUT2D eigenvalue weighted by Gasteiger charge is -2.12. The van der Waals surface area contributed by atoms with Crippen LogP contribution in [0.4, 0.5) is 21.5 Å². The number of nitrogens with zero attached hydrogens (tertiary/aromatic N) is 2. The Morgan fingerprint density at radius 2 is 1.85 bits per heavy atom. The van der Waals surface area contributed by atoms with Crippen LogP contribution >= 0.6 is 11.6 Å². The Kier molecular flexibility index (Phi) is 7.46. The first-order valence-corrected chi connectivity index (χ1v) is 8.34. The Morgan fingerprint density at radius 1 is 1.15 bits per heavy atom. The molecule has 7 heteroatoms. The number of carbonyl (C=O) groups excluding carboxylic acids is 1. The van der Waals surface area contributed by atoms with Gasteiger partial charge in [0.1, 0.15) is 12.1 Å². The van der Waals surface area contributed by atoms with Crippen LogP contribution in [0.15, 0.2) is 67.4 Å². The van der Waals surface area contributed by atoms with Gasteiger partial charge < -0.3 is 10.6 Å². The van der Waals surface area contributed by atoms with Crippen LogP contribution in [-0.4, -0.2) is 23.3 Å². The van der Waals surface area contributed by atoms with Crippen LogP contribution in [-0.2, 0) is 4.79 Å². The third-order valence-corrected chi connectivity index (χ3v) is 3.57. The highest BCUT2D eigenvalue weighted by atomic mass is 35.5. The molecule has 0 amide bonds. The van der Waals surface area contributed by atoms with Crippen LogP contribution < -0.4 is 10.6 Å². The van der Waals surface area contributed by atoms with Crippen molar-refractivity contribution in [3.8, 4) is 11.3 Å². The summed E-state index contributed by atoms with van der Waals surface area (Å²) in [6.07, 6.45) is 3.42. The van der Waals surface area contributed by atoms with Gasteiger partial charge in [-0.15, -0.1) is 0 Å². The summed E-state index contributed by atoms with van der Waals surface area (Å²) < 4.78 is 13.4. The zero-order valence-corrected chi connectivity index (χ0v) is 15.4. The van der Waals surface area contributed by atoms with E-state index in [1.165, 1.54) is 18.2 Å². The van der Waals surface area contributed by atoms with Gasteiger partial charge in [-0.25, -0.2) is 14.4 Å². The van der Waals surface area contributed by atoms with Crippen molar-refractivity contribution >= 4 is 34.9 Å². The minimum Gasteiger partial charge on any atom is -0.388 e. The van der Waals surface area contributed by atoms with E-state index in [2.05, 4.69) is 27.2 Å². The van der Waals surface area contributed by atoms with Crippen LogP contribution in [0.5, 0.6) is 0 Å². The van der Waals surface area contributed by atoms with E-state index in [1.807, 2.05) is 31.3 Å². The number of benzene rings is 2. The molecule has 0 aliphatic rings. The van der Waals surface area contributed by atoms with E-state index in [1.54, 1.807) is 18.3 Å². The van der Waals surface area contributed by atoms with Crippen molar-refractivity contribution in [2.24, 2.45) is 0 Å². The molecule has 1 heterocycles. The van der Waals surface area contributed by atoms with Gasteiger partial charge in [-0.3, -0.25) is 4.79 Å². The number of hydrogen-bond acceptors (Lipinski definition) is 5. The monoisotopic (exact) mass is 384 g/mol. The van der Waals surface area contributed by atoms with Gasteiger partial charge >= 0.3 is 0 Å². The van der Waals surface area contributed by atoms with E-state index >= 15 is 0 Å². The third-order valence-electron chi connectivity index (χ3n) is 3.38.